The molecule has 0 fully saturated rings. The second kappa shape index (κ2) is 8.11. The molecule has 0 spiro atoms. The van der Waals surface area contributed by atoms with Gasteiger partial charge in [-0.15, -0.1) is 0 Å². The van der Waals surface area contributed by atoms with Gasteiger partial charge < -0.3 is 19.9 Å². The third-order valence-corrected chi connectivity index (χ3v) is 4.03. The predicted octanol–water partition coefficient (Wildman–Crippen LogP) is 2.60. The zero-order valence-corrected chi connectivity index (χ0v) is 16.1. The van der Waals surface area contributed by atoms with Crippen LogP contribution in [-0.4, -0.2) is 41.0 Å². The molecule has 0 aliphatic rings. The normalized spacial score (nSPS) is 12.3. The Morgan fingerprint density at radius 3 is 2.48 bits per heavy atom. The molecule has 1 amide bonds. The van der Waals surface area contributed by atoms with E-state index < -0.39 is 17.9 Å². The Morgan fingerprint density at radius 1 is 1.26 bits per heavy atom. The summed E-state index contributed by atoms with van der Waals surface area (Å²) in [5.41, 5.74) is 0.642. The number of benzene rings is 1. The van der Waals surface area contributed by atoms with Crippen LogP contribution in [0.1, 0.15) is 49.2 Å². The van der Waals surface area contributed by atoms with Gasteiger partial charge in [0.15, 0.2) is 0 Å². The number of carbonyl (C=O) groups is 2. The van der Waals surface area contributed by atoms with Crippen molar-refractivity contribution in [3.8, 4) is 11.5 Å². The van der Waals surface area contributed by atoms with Crippen molar-refractivity contribution in [2.45, 2.75) is 38.8 Å². The van der Waals surface area contributed by atoms with Gasteiger partial charge in [0.05, 0.1) is 44.0 Å². The average Bonchev–Trinajstić information content (AvgIpc) is 3.10. The monoisotopic (exact) mass is 375 g/mol. The van der Waals surface area contributed by atoms with Crippen molar-refractivity contribution in [3.63, 3.8) is 0 Å². The molecule has 1 unspecified atom stereocenters. The minimum atomic E-state index is -1.04. The van der Waals surface area contributed by atoms with Crippen LogP contribution in [0.25, 0.3) is 0 Å². The first-order valence-corrected chi connectivity index (χ1v) is 8.45. The van der Waals surface area contributed by atoms with Crippen molar-refractivity contribution >= 4 is 11.9 Å². The molecule has 0 radical (unpaired) electrons. The smallest absolute Gasteiger partial charge is 0.305 e. The Balaban J connectivity index is 2.31. The maximum absolute atomic E-state index is 12.7. The van der Waals surface area contributed by atoms with E-state index in [0.717, 1.165) is 0 Å². The van der Waals surface area contributed by atoms with Crippen molar-refractivity contribution in [3.05, 3.63) is 41.7 Å². The molecule has 1 aromatic heterocycles. The number of amides is 1. The van der Waals surface area contributed by atoms with Crippen LogP contribution in [0.15, 0.2) is 30.6 Å². The molecule has 0 bridgehead atoms. The van der Waals surface area contributed by atoms with Gasteiger partial charge in [-0.3, -0.25) is 14.3 Å². The predicted molar refractivity (Wildman–Crippen MR) is 99.2 cm³/mol. The Hall–Kier alpha value is -3.03. The summed E-state index contributed by atoms with van der Waals surface area (Å²) in [6.07, 6.45) is 2.81. The molecule has 1 heterocycles. The molecule has 27 heavy (non-hydrogen) atoms. The summed E-state index contributed by atoms with van der Waals surface area (Å²) >= 11 is 0. The number of ether oxygens (including phenoxy) is 2. The maximum Gasteiger partial charge on any atom is 0.305 e. The number of hydrogen-bond acceptors (Lipinski definition) is 5. The van der Waals surface area contributed by atoms with Crippen LogP contribution < -0.4 is 14.8 Å². The Bertz CT molecular complexity index is 823. The lowest BCUT2D eigenvalue weighted by atomic mass is 10.0. The minimum absolute atomic E-state index is 0.266. The number of carbonyl (C=O) groups excluding carboxylic acids is 1. The fraction of sp³-hybridized carbons (Fsp3) is 0.421. The molecule has 8 nitrogen and oxygen atoms in total. The Kier molecular flexibility index (Phi) is 6.09. The van der Waals surface area contributed by atoms with Crippen LogP contribution in [0.4, 0.5) is 0 Å². The summed E-state index contributed by atoms with van der Waals surface area (Å²) in [6, 6.07) is 4.25. The van der Waals surface area contributed by atoms with E-state index in [9.17, 15) is 14.7 Å². The molecule has 2 N–H and O–H groups in total. The SMILES string of the molecule is COc1ccc(C(CC(=O)O)NC(=O)c2cnn(C(C)(C)C)c2)c(OC)c1. The highest BCUT2D eigenvalue weighted by Crippen LogP contribution is 2.31. The van der Waals surface area contributed by atoms with Gasteiger partial charge in [0.1, 0.15) is 11.5 Å². The first-order chi connectivity index (χ1) is 12.7. The van der Waals surface area contributed by atoms with E-state index in [1.165, 1.54) is 20.4 Å². The topological polar surface area (TPSA) is 103 Å². The third-order valence-electron chi connectivity index (χ3n) is 4.03. The first kappa shape index (κ1) is 20.3. The highest BCUT2D eigenvalue weighted by Gasteiger charge is 2.24. The minimum Gasteiger partial charge on any atom is -0.497 e. The maximum atomic E-state index is 12.7. The fourth-order valence-corrected chi connectivity index (χ4v) is 2.57. The van der Waals surface area contributed by atoms with Crippen molar-refractivity contribution in [1.29, 1.82) is 0 Å². The highest BCUT2D eigenvalue weighted by atomic mass is 16.5. The zero-order chi connectivity index (χ0) is 20.2. The molecule has 146 valence electrons. The van der Waals surface area contributed by atoms with Gasteiger partial charge >= 0.3 is 5.97 Å². The summed E-state index contributed by atoms with van der Waals surface area (Å²) in [4.78, 5) is 24.0. The largest absolute Gasteiger partial charge is 0.497 e. The summed E-state index contributed by atoms with van der Waals surface area (Å²) in [6.45, 7) is 5.91. The van der Waals surface area contributed by atoms with E-state index in [0.29, 0.717) is 22.6 Å². The van der Waals surface area contributed by atoms with E-state index in [1.807, 2.05) is 20.8 Å². The van der Waals surface area contributed by atoms with E-state index in [4.69, 9.17) is 9.47 Å². The molecular weight excluding hydrogens is 350 g/mol. The van der Waals surface area contributed by atoms with Crippen molar-refractivity contribution < 1.29 is 24.2 Å². The number of carboxylic acids is 1. The van der Waals surface area contributed by atoms with Crippen LogP contribution in [0, 0.1) is 0 Å². The summed E-state index contributed by atoms with van der Waals surface area (Å²) < 4.78 is 12.2. The van der Waals surface area contributed by atoms with E-state index in [2.05, 4.69) is 10.4 Å². The summed E-state index contributed by atoms with van der Waals surface area (Å²) in [5.74, 6) is -0.438. The molecule has 1 aromatic carbocycles. The lowest BCUT2D eigenvalue weighted by Gasteiger charge is -2.20. The first-order valence-electron chi connectivity index (χ1n) is 8.45. The second-order valence-electron chi connectivity index (χ2n) is 7.08. The standard InChI is InChI=1S/C19H25N3O5/c1-19(2,3)22-11-12(10-20-22)18(25)21-15(9-17(23)24)14-7-6-13(26-4)8-16(14)27-5/h6-8,10-11,15H,9H2,1-5H3,(H,21,25)(H,23,24). The van der Waals surface area contributed by atoms with E-state index >= 15 is 0 Å². The number of methoxy groups -OCH3 is 2. The number of aliphatic carboxylic acids is 1. The van der Waals surface area contributed by atoms with Crippen molar-refractivity contribution in [2.75, 3.05) is 14.2 Å². The average molecular weight is 375 g/mol. The molecule has 8 heteroatoms. The lowest BCUT2D eigenvalue weighted by Crippen LogP contribution is -2.30. The van der Waals surface area contributed by atoms with Gasteiger partial charge in [0.25, 0.3) is 5.91 Å². The molecule has 2 rings (SSSR count). The van der Waals surface area contributed by atoms with Crippen molar-refractivity contribution in [2.24, 2.45) is 0 Å². The quantitative estimate of drug-likeness (QED) is 0.771. The number of carboxylic acid groups (broad SMARTS) is 1. The highest BCUT2D eigenvalue weighted by molar-refractivity contribution is 5.94. The van der Waals surface area contributed by atoms with Gasteiger partial charge in [-0.2, -0.15) is 5.10 Å². The van der Waals surface area contributed by atoms with Gasteiger partial charge in [0, 0.05) is 17.8 Å². The summed E-state index contributed by atoms with van der Waals surface area (Å²) in [7, 11) is 3.00. The number of nitrogens with zero attached hydrogens (tertiary/aromatic N) is 2. The van der Waals surface area contributed by atoms with Crippen LogP contribution >= 0.6 is 0 Å². The van der Waals surface area contributed by atoms with Gasteiger partial charge in [-0.05, 0) is 32.9 Å². The molecule has 0 saturated heterocycles. The number of hydrogen-bond donors (Lipinski definition) is 2. The van der Waals surface area contributed by atoms with Crippen LogP contribution in [0.5, 0.6) is 11.5 Å². The van der Waals surface area contributed by atoms with Crippen LogP contribution in [0.3, 0.4) is 0 Å². The fourth-order valence-electron chi connectivity index (χ4n) is 2.57. The number of aromatic nitrogens is 2. The third kappa shape index (κ3) is 4.99. The van der Waals surface area contributed by atoms with E-state index in [1.54, 1.807) is 29.1 Å². The van der Waals surface area contributed by atoms with Gasteiger partial charge in [-0.25, -0.2) is 0 Å². The second-order valence-corrected chi connectivity index (χ2v) is 7.08. The molecule has 0 saturated carbocycles. The van der Waals surface area contributed by atoms with Crippen LogP contribution in [-0.2, 0) is 10.3 Å². The van der Waals surface area contributed by atoms with Gasteiger partial charge in [-0.1, -0.05) is 0 Å². The number of nitrogens with one attached hydrogen (secondary N) is 1. The van der Waals surface area contributed by atoms with E-state index in [-0.39, 0.29) is 12.0 Å². The molecule has 0 aliphatic heterocycles. The van der Waals surface area contributed by atoms with Gasteiger partial charge in [0.2, 0.25) is 0 Å². The zero-order valence-electron chi connectivity index (χ0n) is 16.1. The number of rotatable bonds is 7. The lowest BCUT2D eigenvalue weighted by molar-refractivity contribution is -0.137. The molecule has 1 atom stereocenters. The Labute approximate surface area is 158 Å². The Morgan fingerprint density at radius 2 is 1.96 bits per heavy atom. The molecule has 2 aromatic rings. The van der Waals surface area contributed by atoms with Crippen molar-refractivity contribution in [1.82, 2.24) is 15.1 Å². The summed E-state index contributed by atoms with van der Waals surface area (Å²) in [5, 5.41) is 16.2. The molecule has 0 aliphatic carbocycles. The van der Waals surface area contributed by atoms with Crippen LogP contribution in [0.2, 0.25) is 0 Å². The molecular formula is C19H25N3O5.